The number of amides is 4. The number of para-hydroxylation sites is 1. The predicted molar refractivity (Wildman–Crippen MR) is 293 cm³/mol. The van der Waals surface area contributed by atoms with Crippen LogP contribution in [0.15, 0.2) is 84.9 Å². The van der Waals surface area contributed by atoms with E-state index in [1.807, 2.05) is 66.1 Å². The molecular weight excluding hydrogens is 1030 g/mol. The van der Waals surface area contributed by atoms with E-state index < -0.39 is 23.1 Å². The monoisotopic (exact) mass is 1090 g/mol. The van der Waals surface area contributed by atoms with Crippen LogP contribution in [-0.4, -0.2) is 84.3 Å². The van der Waals surface area contributed by atoms with Gasteiger partial charge in [-0.2, -0.15) is 0 Å². The van der Waals surface area contributed by atoms with E-state index in [0.29, 0.717) is 51.0 Å². The number of rotatable bonds is 20. The second-order valence-electron chi connectivity index (χ2n) is 19.7. The molecular formula is C59H63Cl2N5O11. The molecule has 1 aromatic heterocycles. The number of esters is 1. The first-order valence-electron chi connectivity index (χ1n) is 26.3. The number of likely N-dealkylation sites (N-methyl/N-ethyl adjacent to an activating group) is 1. The number of carbonyl (C=O) groups is 5. The number of benzene rings is 5. The van der Waals surface area contributed by atoms with Crippen molar-refractivity contribution >= 4 is 69.4 Å². The van der Waals surface area contributed by atoms with Gasteiger partial charge in [-0.05, 0) is 112 Å². The molecule has 6 aromatic rings. The topological polar surface area (TPSA) is 207 Å². The van der Waals surface area contributed by atoms with Gasteiger partial charge in [0.05, 0.1) is 30.9 Å². The molecule has 0 unspecified atom stereocenters. The lowest BCUT2D eigenvalue weighted by atomic mass is 9.77. The number of aryl methyl sites for hydroxylation is 1. The summed E-state index contributed by atoms with van der Waals surface area (Å²) in [5, 5.41) is 31.4. The summed E-state index contributed by atoms with van der Waals surface area (Å²) in [6.45, 7) is 5.56. The summed E-state index contributed by atoms with van der Waals surface area (Å²) in [4.78, 5) is 70.0. The molecule has 3 aliphatic rings. The number of hydrogen-bond acceptors (Lipinski definition) is 11. The van der Waals surface area contributed by atoms with Crippen LogP contribution in [0.5, 0.6) is 34.5 Å². The van der Waals surface area contributed by atoms with Gasteiger partial charge in [-0.1, -0.05) is 86.1 Å². The Bertz CT molecular complexity index is 3190. The summed E-state index contributed by atoms with van der Waals surface area (Å²) in [6, 6.07) is 24.9. The fourth-order valence-corrected chi connectivity index (χ4v) is 11.4. The van der Waals surface area contributed by atoms with Crippen molar-refractivity contribution in [3.8, 4) is 34.5 Å². The number of nitrogens with zero attached hydrogens (tertiary/aromatic N) is 2. The Morgan fingerprint density at radius 1 is 0.740 bits per heavy atom. The summed E-state index contributed by atoms with van der Waals surface area (Å²) < 4.78 is 25.0. The third-order valence-electron chi connectivity index (χ3n) is 15.1. The van der Waals surface area contributed by atoms with Crippen LogP contribution in [0.3, 0.4) is 0 Å². The maximum absolute atomic E-state index is 13.9. The summed E-state index contributed by atoms with van der Waals surface area (Å²) in [7, 11) is 2.67. The molecule has 0 radical (unpaired) electrons. The molecule has 4 amide bonds. The number of phenolic OH excluding ortho intramolecular Hbond substituents is 2. The van der Waals surface area contributed by atoms with Gasteiger partial charge < -0.3 is 54.6 Å². The molecule has 0 atom stereocenters. The fourth-order valence-electron chi connectivity index (χ4n) is 10.9. The van der Waals surface area contributed by atoms with Gasteiger partial charge in [-0.3, -0.25) is 19.2 Å². The fraction of sp³-hybridized carbons (Fsp3) is 0.373. The Morgan fingerprint density at radius 2 is 1.38 bits per heavy atom. The largest absolute Gasteiger partial charge is 0.503 e. The van der Waals surface area contributed by atoms with Crippen LogP contribution in [0.25, 0.3) is 10.9 Å². The molecule has 404 valence electrons. The summed E-state index contributed by atoms with van der Waals surface area (Å²) in [5.74, 6) is -2.60. The zero-order valence-electron chi connectivity index (χ0n) is 43.6. The number of anilines is 1. The Kier molecular flexibility index (Phi) is 16.5. The van der Waals surface area contributed by atoms with Crippen LogP contribution in [0.4, 0.5) is 5.69 Å². The SMILES string of the molecule is CCc1cccc(N(CC)C(=O)Cn2c(C(=O)N[C@H]3CC[C@H](C(=O)NCCCCCCCCNC(=O)c4ccc5c(c4)C4(OC5=O)c5cc(OC)c(O)c(Cl)c5Oc5c4cc(OC)c(O)c5Cl)CC3)cc3ccccc32)c1. The minimum absolute atomic E-state index is 0.0203. The number of aromatic nitrogens is 1. The zero-order valence-corrected chi connectivity index (χ0v) is 45.1. The number of halogens is 2. The first-order chi connectivity index (χ1) is 37.2. The van der Waals surface area contributed by atoms with Gasteiger partial charge in [-0.15, -0.1) is 0 Å². The van der Waals surface area contributed by atoms with Gasteiger partial charge in [0.25, 0.3) is 11.8 Å². The van der Waals surface area contributed by atoms with E-state index in [-0.39, 0.29) is 103 Å². The Morgan fingerprint density at radius 3 is 2.01 bits per heavy atom. The molecule has 0 saturated heterocycles. The van der Waals surface area contributed by atoms with Crippen molar-refractivity contribution in [2.75, 3.05) is 38.8 Å². The standard InChI is InChI=1S/C59H63Cl2N5O11/c1-5-34-16-15-18-39(28-34)65(6-2)48(67)33-66-44-19-12-11-17-36(44)30-45(66)57(72)64-38-23-20-35(21-24-38)55(70)62-26-13-9-7-8-10-14-27-63-56(71)37-22-25-40-41(29-37)59(77-58(40)73)42-31-46(74-3)51(68)49(60)53(42)76-54-43(59)32-47(75-4)52(69)50(54)61/h11-12,15-19,22,25,28-32,35,38,68-69H,5-10,13-14,20-21,23-24,26-27,33H2,1-4H3,(H,62,70)(H,63,71)(H,64,72)/t35-,38-. The van der Waals surface area contributed by atoms with Crippen LogP contribution >= 0.6 is 23.2 Å². The van der Waals surface area contributed by atoms with E-state index in [4.69, 9.17) is 42.1 Å². The normalized spacial score (nSPS) is 15.9. The quantitative estimate of drug-likeness (QED) is 0.0359. The summed E-state index contributed by atoms with van der Waals surface area (Å²) >= 11 is 13.3. The lowest BCUT2D eigenvalue weighted by Crippen LogP contribution is -2.42. The van der Waals surface area contributed by atoms with E-state index in [1.165, 1.54) is 38.5 Å². The molecule has 1 saturated carbocycles. The molecule has 0 bridgehead atoms. The average Bonchev–Trinajstić information content (AvgIpc) is 4.22. The van der Waals surface area contributed by atoms with E-state index >= 15 is 0 Å². The maximum Gasteiger partial charge on any atom is 0.340 e. The number of methoxy groups -OCH3 is 2. The molecule has 77 heavy (non-hydrogen) atoms. The second kappa shape index (κ2) is 23.4. The highest BCUT2D eigenvalue weighted by Crippen LogP contribution is 2.63. The van der Waals surface area contributed by atoms with Crippen molar-refractivity contribution < 1.29 is 53.1 Å². The van der Waals surface area contributed by atoms with E-state index in [0.717, 1.165) is 67.1 Å². The number of nitrogens with one attached hydrogen (secondary N) is 3. The molecule has 2 aliphatic heterocycles. The molecule has 18 heteroatoms. The van der Waals surface area contributed by atoms with Crippen LogP contribution in [0.2, 0.25) is 10.0 Å². The van der Waals surface area contributed by atoms with Crippen molar-refractivity contribution in [2.45, 2.75) is 103 Å². The highest BCUT2D eigenvalue weighted by molar-refractivity contribution is 6.35. The highest BCUT2D eigenvalue weighted by Gasteiger charge is 2.56. The van der Waals surface area contributed by atoms with Gasteiger partial charge >= 0.3 is 5.97 Å². The van der Waals surface area contributed by atoms with E-state index in [9.17, 15) is 34.2 Å². The van der Waals surface area contributed by atoms with E-state index in [1.54, 1.807) is 11.0 Å². The third-order valence-corrected chi connectivity index (χ3v) is 15.8. The number of unbranched alkanes of at least 4 members (excludes halogenated alkanes) is 5. The zero-order chi connectivity index (χ0) is 54.5. The number of phenols is 2. The number of aromatic hydroxyl groups is 2. The van der Waals surface area contributed by atoms with Crippen LogP contribution in [0, 0.1) is 5.92 Å². The molecule has 9 rings (SSSR count). The van der Waals surface area contributed by atoms with Crippen molar-refractivity contribution in [3.63, 3.8) is 0 Å². The minimum Gasteiger partial charge on any atom is -0.503 e. The van der Waals surface area contributed by atoms with Gasteiger partial charge in [0, 0.05) is 59.3 Å². The Labute approximate surface area is 456 Å². The molecule has 1 fully saturated rings. The third kappa shape index (κ3) is 10.7. The second-order valence-corrected chi connectivity index (χ2v) is 20.5. The number of carbonyl (C=O) groups excluding carboxylic acids is 5. The van der Waals surface area contributed by atoms with Gasteiger partial charge in [0.15, 0.2) is 40.1 Å². The summed E-state index contributed by atoms with van der Waals surface area (Å²) in [5.41, 5.74) is 2.47. The number of hydrogen-bond donors (Lipinski definition) is 5. The van der Waals surface area contributed by atoms with Gasteiger partial charge in [0.2, 0.25) is 11.8 Å². The molecule has 1 spiro atoms. The molecule has 1 aliphatic carbocycles. The first kappa shape index (κ1) is 54.4. The highest BCUT2D eigenvalue weighted by atomic mass is 35.5. The molecule has 3 heterocycles. The first-order valence-corrected chi connectivity index (χ1v) is 27.1. The number of fused-ring (bicyclic) bond motifs is 7. The summed E-state index contributed by atoms with van der Waals surface area (Å²) in [6.07, 6.45) is 8.90. The van der Waals surface area contributed by atoms with Crippen LogP contribution in [-0.2, 0) is 32.9 Å². The average molecular weight is 1090 g/mol. The molecule has 16 nitrogen and oxygen atoms in total. The van der Waals surface area contributed by atoms with Crippen molar-refractivity contribution in [3.05, 3.63) is 134 Å². The Hall–Kier alpha value is -7.43. The van der Waals surface area contributed by atoms with Crippen molar-refractivity contribution in [2.24, 2.45) is 5.92 Å². The molecule has 5 aromatic carbocycles. The van der Waals surface area contributed by atoms with Gasteiger partial charge in [-0.25, -0.2) is 4.79 Å². The van der Waals surface area contributed by atoms with Crippen LogP contribution < -0.4 is 35.1 Å². The predicted octanol–water partition coefficient (Wildman–Crippen LogP) is 10.7. The van der Waals surface area contributed by atoms with E-state index in [2.05, 4.69) is 22.9 Å². The van der Waals surface area contributed by atoms with Gasteiger partial charge in [0.1, 0.15) is 22.3 Å². The maximum atomic E-state index is 13.9. The number of ether oxygens (including phenoxy) is 4. The van der Waals surface area contributed by atoms with Crippen LogP contribution in [0.1, 0.15) is 132 Å². The van der Waals surface area contributed by atoms with Crippen molar-refractivity contribution in [1.29, 1.82) is 0 Å². The lowest BCUT2D eigenvalue weighted by molar-refractivity contribution is -0.126. The molecule has 5 N–H and O–H groups in total. The lowest BCUT2D eigenvalue weighted by Gasteiger charge is -2.37. The Balaban J connectivity index is 0.713. The smallest absolute Gasteiger partial charge is 0.340 e. The minimum atomic E-state index is -1.82. The van der Waals surface area contributed by atoms with Crippen molar-refractivity contribution in [1.82, 2.24) is 20.5 Å².